The van der Waals surface area contributed by atoms with Gasteiger partial charge in [-0.05, 0) is 30.9 Å². The number of para-hydroxylation sites is 1. The van der Waals surface area contributed by atoms with Gasteiger partial charge in [0.25, 0.3) is 0 Å². The van der Waals surface area contributed by atoms with E-state index in [-0.39, 0.29) is 29.8 Å². The van der Waals surface area contributed by atoms with E-state index in [9.17, 15) is 4.79 Å². The topological polar surface area (TPSA) is 64.3 Å². The predicted octanol–water partition coefficient (Wildman–Crippen LogP) is 2.29. The van der Waals surface area contributed by atoms with Crippen LogP contribution in [0.25, 0.3) is 0 Å². The molecule has 0 saturated heterocycles. The second-order valence-electron chi connectivity index (χ2n) is 5.61. The van der Waals surface area contributed by atoms with Crippen molar-refractivity contribution in [1.29, 1.82) is 0 Å². The van der Waals surface area contributed by atoms with Crippen LogP contribution in [0.5, 0.6) is 5.75 Å². The Morgan fingerprint density at radius 2 is 2.05 bits per heavy atom. The molecule has 3 N–H and O–H groups in total. The van der Waals surface area contributed by atoms with Crippen LogP contribution in [0.2, 0.25) is 0 Å². The second kappa shape index (κ2) is 7.66. The lowest BCUT2D eigenvalue weighted by atomic mass is 9.92. The van der Waals surface area contributed by atoms with Crippen molar-refractivity contribution < 1.29 is 9.53 Å². The first kappa shape index (κ1) is 17.8. The van der Waals surface area contributed by atoms with E-state index < -0.39 is 0 Å². The van der Waals surface area contributed by atoms with Gasteiger partial charge in [0.15, 0.2) is 0 Å². The largest absolute Gasteiger partial charge is 0.492 e. The molecule has 4 nitrogen and oxygen atoms in total. The highest BCUT2D eigenvalue weighted by molar-refractivity contribution is 5.85. The maximum atomic E-state index is 12.2. The number of rotatable bonds is 5. The molecule has 1 amide bonds. The number of nitrogens with one attached hydrogen (secondary N) is 1. The fourth-order valence-corrected chi connectivity index (χ4v) is 2.40. The summed E-state index contributed by atoms with van der Waals surface area (Å²) in [4.78, 5) is 12.2. The Morgan fingerprint density at radius 1 is 1.38 bits per heavy atom. The molecular weight excluding hydrogens is 288 g/mol. The van der Waals surface area contributed by atoms with Gasteiger partial charge in [0.05, 0.1) is 5.92 Å². The molecule has 1 aliphatic heterocycles. The number of ether oxygens (including phenoxy) is 1. The summed E-state index contributed by atoms with van der Waals surface area (Å²) in [6.07, 6.45) is 2.44. The minimum atomic E-state index is -0.302. The fraction of sp³-hybridized carbons (Fsp3) is 0.562. The van der Waals surface area contributed by atoms with Gasteiger partial charge in [-0.15, -0.1) is 12.4 Å². The highest BCUT2D eigenvalue weighted by Crippen LogP contribution is 2.26. The summed E-state index contributed by atoms with van der Waals surface area (Å²) in [6.45, 7) is 5.07. The summed E-state index contributed by atoms with van der Waals surface area (Å²) in [7, 11) is 0. The van der Waals surface area contributed by atoms with Crippen molar-refractivity contribution in [3.05, 3.63) is 29.8 Å². The summed E-state index contributed by atoms with van der Waals surface area (Å²) in [5, 5.41) is 2.98. The molecule has 1 atom stereocenters. The van der Waals surface area contributed by atoms with Crippen molar-refractivity contribution in [2.24, 2.45) is 11.7 Å². The number of halogens is 1. The number of carbonyl (C=O) groups is 1. The predicted molar refractivity (Wildman–Crippen MR) is 86.9 cm³/mol. The average molecular weight is 313 g/mol. The highest BCUT2D eigenvalue weighted by Gasteiger charge is 2.28. The van der Waals surface area contributed by atoms with Gasteiger partial charge in [-0.25, -0.2) is 0 Å². The second-order valence-corrected chi connectivity index (χ2v) is 5.61. The Morgan fingerprint density at radius 3 is 2.71 bits per heavy atom. The molecule has 1 aromatic carbocycles. The molecular formula is C16H25ClN2O2. The number of carbonyl (C=O) groups excluding carboxylic acids is 1. The molecule has 0 fully saturated rings. The van der Waals surface area contributed by atoms with Crippen LogP contribution in [-0.4, -0.2) is 24.6 Å². The standard InChI is InChI=1S/C16H24N2O2.ClH/c1-3-16(17,4-2)11-18-15(19)13-9-12-7-5-6-8-14(12)20-10-13;/h5-8,13H,3-4,9-11,17H2,1-2H3,(H,18,19);1H. The van der Waals surface area contributed by atoms with Crippen LogP contribution in [0.1, 0.15) is 32.3 Å². The van der Waals surface area contributed by atoms with Gasteiger partial charge in [0.2, 0.25) is 5.91 Å². The van der Waals surface area contributed by atoms with Crippen LogP contribution in [0.4, 0.5) is 0 Å². The fourth-order valence-electron chi connectivity index (χ4n) is 2.40. The first-order valence-electron chi connectivity index (χ1n) is 7.35. The third-order valence-electron chi connectivity index (χ3n) is 4.27. The number of hydrogen-bond acceptors (Lipinski definition) is 3. The molecule has 2 rings (SSSR count). The summed E-state index contributed by atoms with van der Waals surface area (Å²) in [5.41, 5.74) is 7.00. The van der Waals surface area contributed by atoms with Crippen LogP contribution in [0.15, 0.2) is 24.3 Å². The molecule has 1 aromatic rings. The molecule has 1 unspecified atom stereocenters. The zero-order valence-electron chi connectivity index (χ0n) is 12.7. The van der Waals surface area contributed by atoms with Gasteiger partial charge in [0, 0.05) is 12.1 Å². The lowest BCUT2D eigenvalue weighted by Crippen LogP contribution is -2.51. The molecule has 118 valence electrons. The van der Waals surface area contributed by atoms with E-state index in [0.717, 1.165) is 30.6 Å². The maximum absolute atomic E-state index is 12.2. The Balaban J connectivity index is 0.00000220. The van der Waals surface area contributed by atoms with E-state index in [0.29, 0.717) is 13.2 Å². The minimum Gasteiger partial charge on any atom is -0.492 e. The van der Waals surface area contributed by atoms with Gasteiger partial charge in [-0.1, -0.05) is 32.0 Å². The number of benzene rings is 1. The number of nitrogens with two attached hydrogens (primary N) is 1. The van der Waals surface area contributed by atoms with E-state index in [2.05, 4.69) is 19.2 Å². The first-order chi connectivity index (χ1) is 9.58. The normalized spacial score (nSPS) is 17.2. The lowest BCUT2D eigenvalue weighted by Gasteiger charge is -2.29. The molecule has 0 bridgehead atoms. The minimum absolute atomic E-state index is 0. The first-order valence-corrected chi connectivity index (χ1v) is 7.35. The van der Waals surface area contributed by atoms with Gasteiger partial charge in [-0.3, -0.25) is 4.79 Å². The average Bonchev–Trinajstić information content (AvgIpc) is 2.51. The monoisotopic (exact) mass is 312 g/mol. The van der Waals surface area contributed by atoms with Gasteiger partial charge < -0.3 is 15.8 Å². The Labute approximate surface area is 132 Å². The van der Waals surface area contributed by atoms with E-state index >= 15 is 0 Å². The van der Waals surface area contributed by atoms with Crippen LogP contribution in [0, 0.1) is 5.92 Å². The van der Waals surface area contributed by atoms with E-state index in [1.165, 1.54) is 0 Å². The molecule has 5 heteroatoms. The molecule has 1 aliphatic rings. The number of amides is 1. The maximum Gasteiger partial charge on any atom is 0.226 e. The van der Waals surface area contributed by atoms with Crippen LogP contribution in [0.3, 0.4) is 0 Å². The zero-order valence-corrected chi connectivity index (χ0v) is 13.5. The Bertz CT molecular complexity index is 475. The van der Waals surface area contributed by atoms with Crippen molar-refractivity contribution in [3.63, 3.8) is 0 Å². The molecule has 1 heterocycles. The van der Waals surface area contributed by atoms with Crippen LogP contribution >= 0.6 is 12.4 Å². The van der Waals surface area contributed by atoms with Gasteiger partial charge >= 0.3 is 0 Å². The Hall–Kier alpha value is -1.26. The molecule has 0 saturated carbocycles. The number of fused-ring (bicyclic) bond motifs is 1. The van der Waals surface area contributed by atoms with E-state index in [1.807, 2.05) is 24.3 Å². The lowest BCUT2D eigenvalue weighted by molar-refractivity contribution is -0.126. The summed E-state index contributed by atoms with van der Waals surface area (Å²) >= 11 is 0. The van der Waals surface area contributed by atoms with E-state index in [4.69, 9.17) is 10.5 Å². The zero-order chi connectivity index (χ0) is 14.6. The SMILES string of the molecule is CCC(N)(CC)CNC(=O)C1COc2ccccc2C1.Cl. The smallest absolute Gasteiger partial charge is 0.226 e. The van der Waals surface area contributed by atoms with Crippen molar-refractivity contribution in [3.8, 4) is 5.75 Å². The summed E-state index contributed by atoms with van der Waals surface area (Å²) in [5.74, 6) is 0.811. The van der Waals surface area contributed by atoms with Crippen LogP contribution in [-0.2, 0) is 11.2 Å². The Kier molecular flexibility index (Phi) is 6.49. The quantitative estimate of drug-likeness (QED) is 0.877. The van der Waals surface area contributed by atoms with Crippen molar-refractivity contribution >= 4 is 18.3 Å². The van der Waals surface area contributed by atoms with Crippen molar-refractivity contribution in [2.75, 3.05) is 13.2 Å². The molecule has 21 heavy (non-hydrogen) atoms. The third-order valence-corrected chi connectivity index (χ3v) is 4.27. The van der Waals surface area contributed by atoms with E-state index in [1.54, 1.807) is 0 Å². The van der Waals surface area contributed by atoms with Crippen LogP contribution < -0.4 is 15.8 Å². The summed E-state index contributed by atoms with van der Waals surface area (Å²) < 4.78 is 5.65. The molecule has 0 radical (unpaired) electrons. The molecule has 0 aromatic heterocycles. The van der Waals surface area contributed by atoms with Gasteiger partial charge in [0.1, 0.15) is 12.4 Å². The van der Waals surface area contributed by atoms with Gasteiger partial charge in [-0.2, -0.15) is 0 Å². The summed E-state index contributed by atoms with van der Waals surface area (Å²) in [6, 6.07) is 7.88. The molecule has 0 aliphatic carbocycles. The highest BCUT2D eigenvalue weighted by atomic mass is 35.5. The van der Waals surface area contributed by atoms with Crippen molar-refractivity contribution in [2.45, 2.75) is 38.6 Å². The third kappa shape index (κ3) is 4.35. The van der Waals surface area contributed by atoms with Crippen molar-refractivity contribution in [1.82, 2.24) is 5.32 Å². The molecule has 0 spiro atoms. The number of hydrogen-bond donors (Lipinski definition) is 2.